The van der Waals surface area contributed by atoms with E-state index in [2.05, 4.69) is 12.6 Å². The van der Waals surface area contributed by atoms with Gasteiger partial charge in [0, 0.05) is 4.90 Å². The van der Waals surface area contributed by atoms with E-state index < -0.39 is 11.7 Å². The maximum atomic E-state index is 12.3. The highest BCUT2D eigenvalue weighted by Gasteiger charge is 2.33. The van der Waals surface area contributed by atoms with E-state index in [9.17, 15) is 13.2 Å². The Morgan fingerprint density at radius 2 is 1.93 bits per heavy atom. The molecule has 5 heteroatoms. The van der Waals surface area contributed by atoms with Crippen LogP contribution in [-0.4, -0.2) is 0 Å². The smallest absolute Gasteiger partial charge is 0.192 e. The molecule has 0 amide bonds. The van der Waals surface area contributed by atoms with Crippen LogP contribution in [0.1, 0.15) is 16.7 Å². The first-order valence-electron chi connectivity index (χ1n) is 3.67. The summed E-state index contributed by atoms with van der Waals surface area (Å²) in [4.78, 5) is -0.184. The van der Waals surface area contributed by atoms with Crippen LogP contribution < -0.4 is 0 Å². The molecule has 0 fully saturated rings. The number of alkyl halides is 3. The largest absolute Gasteiger partial charge is 0.417 e. The minimum Gasteiger partial charge on any atom is -0.192 e. The van der Waals surface area contributed by atoms with E-state index >= 15 is 0 Å². The molecule has 1 aromatic rings. The van der Waals surface area contributed by atoms with Gasteiger partial charge in [-0.15, -0.1) is 12.6 Å². The van der Waals surface area contributed by atoms with Crippen LogP contribution in [0.3, 0.4) is 0 Å². The Hall–Kier alpha value is -1.15. The molecule has 0 saturated heterocycles. The van der Waals surface area contributed by atoms with Gasteiger partial charge in [-0.3, -0.25) is 0 Å². The normalized spacial score (nSPS) is 11.1. The first-order chi connectivity index (χ1) is 6.38. The monoisotopic (exact) mass is 217 g/mol. The van der Waals surface area contributed by atoms with Gasteiger partial charge in [0.2, 0.25) is 0 Å². The van der Waals surface area contributed by atoms with Crippen LogP contribution in [0.2, 0.25) is 0 Å². The molecule has 0 aromatic heterocycles. The van der Waals surface area contributed by atoms with E-state index in [1.54, 1.807) is 6.07 Å². The number of thiol groups is 1. The van der Waals surface area contributed by atoms with Crippen LogP contribution in [0, 0.1) is 18.3 Å². The Morgan fingerprint density at radius 3 is 2.36 bits per heavy atom. The van der Waals surface area contributed by atoms with Crippen molar-refractivity contribution < 1.29 is 13.2 Å². The molecule has 0 radical (unpaired) electrons. The third-order valence-corrected chi connectivity index (χ3v) is 2.43. The number of hydrogen-bond donors (Lipinski definition) is 1. The molecule has 0 aliphatic carbocycles. The highest BCUT2D eigenvalue weighted by Crippen LogP contribution is 2.35. The van der Waals surface area contributed by atoms with E-state index in [0.29, 0.717) is 0 Å². The molecule has 1 nitrogen and oxygen atoms in total. The fourth-order valence-corrected chi connectivity index (χ4v) is 1.37. The van der Waals surface area contributed by atoms with Crippen molar-refractivity contribution in [1.29, 1.82) is 5.26 Å². The van der Waals surface area contributed by atoms with E-state index in [4.69, 9.17) is 5.26 Å². The predicted octanol–water partition coefficient (Wildman–Crippen LogP) is 3.17. The second-order valence-electron chi connectivity index (χ2n) is 2.74. The third kappa shape index (κ3) is 1.85. The van der Waals surface area contributed by atoms with Crippen molar-refractivity contribution in [2.45, 2.75) is 18.0 Å². The highest BCUT2D eigenvalue weighted by molar-refractivity contribution is 7.80. The molecule has 0 N–H and O–H groups in total. The second-order valence-corrected chi connectivity index (χ2v) is 3.19. The molecule has 0 aliphatic heterocycles. The molecule has 0 aliphatic rings. The van der Waals surface area contributed by atoms with Gasteiger partial charge >= 0.3 is 6.18 Å². The first-order valence-corrected chi connectivity index (χ1v) is 4.12. The maximum Gasteiger partial charge on any atom is 0.417 e. The van der Waals surface area contributed by atoms with Gasteiger partial charge in [-0.05, 0) is 24.6 Å². The van der Waals surface area contributed by atoms with Crippen molar-refractivity contribution >= 4 is 12.6 Å². The Morgan fingerprint density at radius 1 is 1.36 bits per heavy atom. The molecule has 1 aromatic carbocycles. The van der Waals surface area contributed by atoms with Gasteiger partial charge in [-0.1, -0.05) is 0 Å². The average Bonchev–Trinajstić information content (AvgIpc) is 2.07. The van der Waals surface area contributed by atoms with Gasteiger partial charge in [0.15, 0.2) is 0 Å². The number of halogens is 3. The van der Waals surface area contributed by atoms with Crippen LogP contribution in [0.25, 0.3) is 0 Å². The Bertz CT molecular complexity index is 404. The molecule has 0 bridgehead atoms. The van der Waals surface area contributed by atoms with Crippen molar-refractivity contribution in [3.8, 4) is 6.07 Å². The van der Waals surface area contributed by atoms with E-state index in [-0.39, 0.29) is 16.0 Å². The second kappa shape index (κ2) is 3.54. The predicted molar refractivity (Wildman–Crippen MR) is 48.1 cm³/mol. The lowest BCUT2D eigenvalue weighted by atomic mass is 10.1. The lowest BCUT2D eigenvalue weighted by Crippen LogP contribution is -2.07. The summed E-state index contributed by atoms with van der Waals surface area (Å²) in [6, 6.07) is 3.82. The summed E-state index contributed by atoms with van der Waals surface area (Å²) in [6.45, 7) is 1.44. The summed E-state index contributed by atoms with van der Waals surface area (Å²) in [6.07, 6.45) is -4.42. The van der Waals surface area contributed by atoms with Gasteiger partial charge in [0.25, 0.3) is 0 Å². The quantitative estimate of drug-likeness (QED) is 0.663. The van der Waals surface area contributed by atoms with Crippen molar-refractivity contribution in [2.24, 2.45) is 0 Å². The first kappa shape index (κ1) is 10.9. The number of nitrogens with zero attached hydrogens (tertiary/aromatic N) is 1. The molecular formula is C9H6F3NS. The Labute approximate surface area is 84.6 Å². The van der Waals surface area contributed by atoms with Crippen molar-refractivity contribution in [2.75, 3.05) is 0 Å². The van der Waals surface area contributed by atoms with Gasteiger partial charge in [0.05, 0.1) is 17.2 Å². The van der Waals surface area contributed by atoms with Crippen molar-refractivity contribution in [1.82, 2.24) is 0 Å². The van der Waals surface area contributed by atoms with Gasteiger partial charge in [-0.25, -0.2) is 0 Å². The van der Waals surface area contributed by atoms with Gasteiger partial charge in [-0.2, -0.15) is 18.4 Å². The van der Waals surface area contributed by atoms with Crippen molar-refractivity contribution in [3.63, 3.8) is 0 Å². The highest BCUT2D eigenvalue weighted by atomic mass is 32.1. The minimum atomic E-state index is -4.42. The van der Waals surface area contributed by atoms with Crippen LogP contribution in [0.4, 0.5) is 13.2 Å². The summed E-state index contributed by atoms with van der Waals surface area (Å²) in [5.41, 5.74) is -0.342. The molecular weight excluding hydrogens is 211 g/mol. The fourth-order valence-electron chi connectivity index (χ4n) is 1.05. The zero-order chi connectivity index (χ0) is 10.9. The topological polar surface area (TPSA) is 23.8 Å². The number of nitriles is 1. The zero-order valence-corrected chi connectivity index (χ0v) is 8.08. The summed E-state index contributed by atoms with van der Waals surface area (Å²) in [5, 5.41) is 8.57. The van der Waals surface area contributed by atoms with Gasteiger partial charge < -0.3 is 0 Å². The Balaban J connectivity index is 3.41. The summed E-state index contributed by atoms with van der Waals surface area (Å²) in [5.74, 6) is 0. The molecule has 14 heavy (non-hydrogen) atoms. The molecule has 0 spiro atoms. The number of benzene rings is 1. The SMILES string of the molecule is Cc1c(C#N)ccc(C(F)(F)F)c1S. The lowest BCUT2D eigenvalue weighted by Gasteiger charge is -2.11. The molecule has 74 valence electrons. The minimum absolute atomic E-state index is 0.184. The number of hydrogen-bond acceptors (Lipinski definition) is 2. The van der Waals surface area contributed by atoms with E-state index in [1.165, 1.54) is 6.92 Å². The molecule has 0 atom stereocenters. The maximum absolute atomic E-state index is 12.3. The third-order valence-electron chi connectivity index (χ3n) is 1.86. The molecule has 0 unspecified atom stereocenters. The van der Waals surface area contributed by atoms with Crippen LogP contribution in [0.5, 0.6) is 0 Å². The fraction of sp³-hybridized carbons (Fsp3) is 0.222. The molecule has 0 saturated carbocycles. The summed E-state index contributed by atoms with van der Waals surface area (Å²) in [7, 11) is 0. The standard InChI is InChI=1S/C9H6F3NS/c1-5-6(4-13)2-3-7(8(5)14)9(10,11)12/h2-3,14H,1H3. The summed E-state index contributed by atoms with van der Waals surface area (Å²) < 4.78 is 37.0. The summed E-state index contributed by atoms with van der Waals surface area (Å²) >= 11 is 3.76. The van der Waals surface area contributed by atoms with Crippen LogP contribution in [0.15, 0.2) is 17.0 Å². The van der Waals surface area contributed by atoms with Crippen LogP contribution in [-0.2, 0) is 6.18 Å². The van der Waals surface area contributed by atoms with E-state index in [1.807, 2.05) is 0 Å². The van der Waals surface area contributed by atoms with Crippen LogP contribution >= 0.6 is 12.6 Å². The number of rotatable bonds is 0. The zero-order valence-electron chi connectivity index (χ0n) is 7.18. The van der Waals surface area contributed by atoms with Crippen molar-refractivity contribution in [3.05, 3.63) is 28.8 Å². The Kier molecular flexibility index (Phi) is 2.76. The molecule has 0 heterocycles. The van der Waals surface area contributed by atoms with Gasteiger partial charge in [0.1, 0.15) is 0 Å². The van der Waals surface area contributed by atoms with E-state index in [0.717, 1.165) is 12.1 Å². The molecule has 1 rings (SSSR count). The average molecular weight is 217 g/mol. The lowest BCUT2D eigenvalue weighted by molar-refractivity contribution is -0.139.